The summed E-state index contributed by atoms with van der Waals surface area (Å²) in [6, 6.07) is 68.0. The van der Waals surface area contributed by atoms with Crippen LogP contribution in [-0.2, 0) is 98.4 Å². The third kappa shape index (κ3) is 15.7. The lowest BCUT2D eigenvalue weighted by atomic mass is 9.96. The maximum Gasteiger partial charge on any atom is 0.187 e. The Morgan fingerprint density at radius 2 is 0.600 bits per heavy atom. The van der Waals surface area contributed by atoms with E-state index in [2.05, 4.69) is 0 Å². The normalized spacial score (nSPS) is 23.7. The van der Waals surface area contributed by atoms with Crippen LogP contribution < -0.4 is 4.74 Å². The maximum atomic E-state index is 7.11. The van der Waals surface area contributed by atoms with Gasteiger partial charge in [0.15, 0.2) is 12.6 Å². The summed E-state index contributed by atoms with van der Waals surface area (Å²) in [6.45, 7) is 2.11. The van der Waals surface area contributed by atoms with Gasteiger partial charge in [0, 0.05) is 7.11 Å². The van der Waals surface area contributed by atoms with Gasteiger partial charge in [-0.2, -0.15) is 0 Å². The van der Waals surface area contributed by atoms with E-state index in [1.54, 1.807) is 14.2 Å². The molecule has 12 nitrogen and oxygen atoms in total. The van der Waals surface area contributed by atoms with Crippen LogP contribution >= 0.6 is 0 Å². The summed E-state index contributed by atoms with van der Waals surface area (Å²) in [6.07, 6.45) is -7.67. The third-order valence-corrected chi connectivity index (χ3v) is 13.3. The molecule has 0 bridgehead atoms. The highest BCUT2D eigenvalue weighted by Gasteiger charge is 2.52. The first-order valence-corrected chi connectivity index (χ1v) is 25.7. The van der Waals surface area contributed by atoms with E-state index >= 15 is 0 Å². The fraction of sp³-hybridized carbons (Fsp3) is 0.333. The molecular formula is C63H68O12. The Labute approximate surface area is 441 Å². The number of ether oxygens (including phenoxy) is 12. The highest BCUT2D eigenvalue weighted by atomic mass is 16.7. The molecule has 12 heteroatoms. The molecule has 0 saturated carbocycles. The van der Waals surface area contributed by atoms with E-state index in [0.717, 1.165) is 44.7 Å². The second-order valence-corrected chi connectivity index (χ2v) is 18.6. The molecular weight excluding hydrogens is 949 g/mol. The Bertz CT molecular complexity index is 2630. The van der Waals surface area contributed by atoms with Crippen molar-refractivity contribution in [3.8, 4) is 5.75 Å². The molecule has 10 atom stereocenters. The van der Waals surface area contributed by atoms with Gasteiger partial charge < -0.3 is 56.8 Å². The summed E-state index contributed by atoms with van der Waals surface area (Å²) in [5.41, 5.74) is 6.90. The summed E-state index contributed by atoms with van der Waals surface area (Å²) in [5, 5.41) is 0. The van der Waals surface area contributed by atoms with Crippen LogP contribution in [0.25, 0.3) is 0 Å². The highest BCUT2D eigenvalue weighted by molar-refractivity contribution is 5.27. The average molecular weight is 1020 g/mol. The van der Waals surface area contributed by atoms with Gasteiger partial charge in [-0.25, -0.2) is 0 Å². The topological polar surface area (TPSA) is 111 Å². The second kappa shape index (κ2) is 28.7. The zero-order valence-corrected chi connectivity index (χ0v) is 42.7. The van der Waals surface area contributed by atoms with Crippen molar-refractivity contribution in [3.05, 3.63) is 245 Å². The Hall–Kier alpha value is -6.10. The molecule has 0 unspecified atom stereocenters. The third-order valence-electron chi connectivity index (χ3n) is 13.3. The summed E-state index contributed by atoms with van der Waals surface area (Å²) < 4.78 is 80.8. The summed E-state index contributed by atoms with van der Waals surface area (Å²) in [4.78, 5) is 0. The SMILES string of the molecule is COc1ccc(CO[C@H]2[C@H](OCc3ccccc3)[C@@H](OCc3ccccc3)[C@@H](OC)O[C@@H]2CO[C@H]2O[C@H](COCc3ccccc3)[C@@H](OCc3ccccc3)[C@H](OCc3ccccc3)[C@H]2OCc2ccccc2)cc1. The molecule has 7 aromatic rings. The minimum absolute atomic E-state index is 0.0296. The Balaban J connectivity index is 1.05. The largest absolute Gasteiger partial charge is 0.497 e. The molecule has 2 heterocycles. The van der Waals surface area contributed by atoms with E-state index in [-0.39, 0.29) is 46.2 Å². The van der Waals surface area contributed by atoms with Crippen LogP contribution in [0.3, 0.4) is 0 Å². The molecule has 75 heavy (non-hydrogen) atoms. The second-order valence-electron chi connectivity index (χ2n) is 18.6. The van der Waals surface area contributed by atoms with E-state index in [1.807, 2.05) is 206 Å². The fourth-order valence-electron chi connectivity index (χ4n) is 9.29. The Kier molecular flexibility index (Phi) is 20.6. The van der Waals surface area contributed by atoms with Crippen LogP contribution in [0.4, 0.5) is 0 Å². The molecule has 0 aliphatic carbocycles. The van der Waals surface area contributed by atoms with E-state index in [9.17, 15) is 0 Å². The molecule has 9 rings (SSSR count). The minimum Gasteiger partial charge on any atom is -0.497 e. The Morgan fingerprint density at radius 1 is 0.293 bits per heavy atom. The van der Waals surface area contributed by atoms with Gasteiger partial charge in [-0.1, -0.05) is 194 Å². The molecule has 2 aliphatic heterocycles. The quantitative estimate of drug-likeness (QED) is 0.0489. The van der Waals surface area contributed by atoms with Crippen LogP contribution in [0.15, 0.2) is 206 Å². The van der Waals surface area contributed by atoms with Gasteiger partial charge in [0.05, 0.1) is 66.6 Å². The van der Waals surface area contributed by atoms with Gasteiger partial charge in [0.2, 0.25) is 0 Å². The van der Waals surface area contributed by atoms with Crippen LogP contribution in [0, 0.1) is 0 Å². The number of hydrogen-bond donors (Lipinski definition) is 0. The average Bonchev–Trinajstić information content (AvgIpc) is 3.47. The molecule has 0 N–H and O–H groups in total. The zero-order valence-electron chi connectivity index (χ0n) is 42.7. The van der Waals surface area contributed by atoms with Crippen molar-refractivity contribution in [2.45, 2.75) is 108 Å². The van der Waals surface area contributed by atoms with E-state index < -0.39 is 61.4 Å². The molecule has 0 spiro atoms. The molecule has 0 aromatic heterocycles. The van der Waals surface area contributed by atoms with Crippen LogP contribution in [-0.4, -0.2) is 88.8 Å². The molecule has 7 aromatic carbocycles. The summed E-state index contributed by atoms with van der Waals surface area (Å²) in [7, 11) is 3.25. The van der Waals surface area contributed by atoms with Crippen molar-refractivity contribution in [2.75, 3.05) is 27.4 Å². The monoisotopic (exact) mass is 1020 g/mol. The molecule has 2 aliphatic rings. The molecule has 2 saturated heterocycles. The predicted molar refractivity (Wildman–Crippen MR) is 283 cm³/mol. The minimum atomic E-state index is -1.01. The summed E-state index contributed by atoms with van der Waals surface area (Å²) in [5.74, 6) is 0.742. The first-order chi connectivity index (χ1) is 37.1. The van der Waals surface area contributed by atoms with Crippen molar-refractivity contribution in [2.24, 2.45) is 0 Å². The maximum absolute atomic E-state index is 7.11. The predicted octanol–water partition coefficient (Wildman–Crippen LogP) is 10.8. The molecule has 392 valence electrons. The lowest BCUT2D eigenvalue weighted by molar-refractivity contribution is -0.351. The van der Waals surface area contributed by atoms with E-state index in [0.29, 0.717) is 13.2 Å². The van der Waals surface area contributed by atoms with E-state index in [1.165, 1.54) is 0 Å². The van der Waals surface area contributed by atoms with Gasteiger partial charge in [-0.05, 0) is 51.1 Å². The molecule has 0 radical (unpaired) electrons. The highest BCUT2D eigenvalue weighted by Crippen LogP contribution is 2.35. The number of hydrogen-bond acceptors (Lipinski definition) is 12. The number of methoxy groups -OCH3 is 2. The van der Waals surface area contributed by atoms with Crippen LogP contribution in [0.5, 0.6) is 5.75 Å². The van der Waals surface area contributed by atoms with Gasteiger partial charge >= 0.3 is 0 Å². The van der Waals surface area contributed by atoms with Crippen LogP contribution in [0.2, 0.25) is 0 Å². The van der Waals surface area contributed by atoms with Crippen molar-refractivity contribution < 1.29 is 56.8 Å². The van der Waals surface area contributed by atoms with Gasteiger partial charge in [-0.3, -0.25) is 0 Å². The van der Waals surface area contributed by atoms with Gasteiger partial charge in [0.25, 0.3) is 0 Å². The van der Waals surface area contributed by atoms with Crippen molar-refractivity contribution in [3.63, 3.8) is 0 Å². The van der Waals surface area contributed by atoms with E-state index in [4.69, 9.17) is 56.8 Å². The first kappa shape index (κ1) is 53.7. The smallest absolute Gasteiger partial charge is 0.187 e. The van der Waals surface area contributed by atoms with Crippen molar-refractivity contribution in [1.29, 1.82) is 0 Å². The molecule has 0 amide bonds. The number of benzene rings is 7. The summed E-state index contributed by atoms with van der Waals surface area (Å²) >= 11 is 0. The van der Waals surface area contributed by atoms with Gasteiger partial charge in [0.1, 0.15) is 54.6 Å². The fourth-order valence-corrected chi connectivity index (χ4v) is 9.29. The zero-order chi connectivity index (χ0) is 51.3. The van der Waals surface area contributed by atoms with Crippen LogP contribution in [0.1, 0.15) is 38.9 Å². The van der Waals surface area contributed by atoms with Crippen molar-refractivity contribution >= 4 is 0 Å². The lowest BCUT2D eigenvalue weighted by Gasteiger charge is -2.48. The molecule has 2 fully saturated rings. The lowest BCUT2D eigenvalue weighted by Crippen LogP contribution is -2.64. The standard InChI is InChI=1S/C63H68O12/c1-64-53-35-33-52(34-36-53)43-68-57-55(74-62(65-2)60(71-41-50-29-17-7-18-30-50)58(57)69-39-48-25-13-5-14-26-48)45-73-63-61(72-42-51-31-19-8-20-32-51)59(70-40-49-27-15-6-16-28-49)56(67-38-47-23-11-4-12-24-47)54(75-63)44-66-37-46-21-9-3-10-22-46/h3-36,54-63H,37-45H2,1-2H3/t54-,55-,56-,57-,58+,59+,60-,61-,62+,63+/m1/s1. The first-order valence-electron chi connectivity index (χ1n) is 25.7. The van der Waals surface area contributed by atoms with Crippen molar-refractivity contribution in [1.82, 2.24) is 0 Å². The van der Waals surface area contributed by atoms with Gasteiger partial charge in [-0.15, -0.1) is 0 Å². The Morgan fingerprint density at radius 3 is 0.973 bits per heavy atom. The number of rotatable bonds is 27.